The first-order chi connectivity index (χ1) is 9.66. The van der Waals surface area contributed by atoms with E-state index in [1.54, 1.807) is 0 Å². The van der Waals surface area contributed by atoms with Crippen molar-refractivity contribution in [1.82, 2.24) is 19.9 Å². The monoisotopic (exact) mass is 311 g/mol. The van der Waals surface area contributed by atoms with Crippen molar-refractivity contribution in [3.8, 4) is 0 Å². The average molecular weight is 312 g/mol. The second kappa shape index (κ2) is 5.66. The average Bonchev–Trinajstić information content (AvgIpc) is 2.48. The number of nitrogens with zero attached hydrogens (tertiary/aromatic N) is 5. The van der Waals surface area contributed by atoms with E-state index in [0.717, 1.165) is 5.82 Å². The van der Waals surface area contributed by atoms with Crippen LogP contribution in [0.1, 0.15) is 32.1 Å². The van der Waals surface area contributed by atoms with Crippen LogP contribution in [0.5, 0.6) is 0 Å². The zero-order valence-electron chi connectivity index (χ0n) is 11.2. The first-order valence-electron chi connectivity index (χ1n) is 6.73. The third kappa shape index (κ3) is 2.52. The summed E-state index contributed by atoms with van der Waals surface area (Å²) < 4.78 is 0. The van der Waals surface area contributed by atoms with Gasteiger partial charge >= 0.3 is 0 Å². The number of hydrogen-bond acceptors (Lipinski definition) is 5. The minimum Gasteiger partial charge on any atom is -0.355 e. The fourth-order valence-electron chi connectivity index (χ4n) is 2.76. The normalized spacial score (nSPS) is 16.6. The largest absolute Gasteiger partial charge is 0.355 e. The lowest BCUT2D eigenvalue weighted by Gasteiger charge is -2.32. The van der Waals surface area contributed by atoms with Crippen molar-refractivity contribution in [2.75, 3.05) is 11.9 Å². The summed E-state index contributed by atoms with van der Waals surface area (Å²) in [6.45, 7) is 0. The van der Waals surface area contributed by atoms with Crippen molar-refractivity contribution >= 4 is 40.1 Å². The van der Waals surface area contributed by atoms with Gasteiger partial charge in [0.2, 0.25) is 5.28 Å². The maximum atomic E-state index is 6.07. The summed E-state index contributed by atoms with van der Waals surface area (Å²) >= 11 is 12.1. The van der Waals surface area contributed by atoms with Gasteiger partial charge in [0, 0.05) is 13.1 Å². The molecule has 0 amide bonds. The van der Waals surface area contributed by atoms with Crippen LogP contribution in [0.25, 0.3) is 11.0 Å². The molecule has 1 saturated carbocycles. The predicted molar refractivity (Wildman–Crippen MR) is 80.4 cm³/mol. The molecule has 0 unspecified atom stereocenters. The van der Waals surface area contributed by atoms with Gasteiger partial charge in [0.15, 0.2) is 11.0 Å². The lowest BCUT2D eigenvalue weighted by Crippen LogP contribution is -2.34. The molecule has 0 aromatic carbocycles. The molecule has 3 rings (SSSR count). The molecule has 20 heavy (non-hydrogen) atoms. The number of halogens is 2. The van der Waals surface area contributed by atoms with Gasteiger partial charge < -0.3 is 4.90 Å². The molecule has 0 saturated heterocycles. The summed E-state index contributed by atoms with van der Waals surface area (Å²) in [7, 11) is 2.03. The van der Waals surface area contributed by atoms with Crippen LogP contribution in [0.3, 0.4) is 0 Å². The third-order valence-corrected chi connectivity index (χ3v) is 4.29. The predicted octanol–water partition coefficient (Wildman–Crippen LogP) is 3.50. The molecule has 0 bridgehead atoms. The summed E-state index contributed by atoms with van der Waals surface area (Å²) in [6, 6.07) is 0.464. The molecule has 7 heteroatoms. The highest BCUT2D eigenvalue weighted by Gasteiger charge is 2.22. The summed E-state index contributed by atoms with van der Waals surface area (Å²) in [4.78, 5) is 18.9. The van der Waals surface area contributed by atoms with Gasteiger partial charge in [-0.15, -0.1) is 0 Å². The first kappa shape index (κ1) is 13.8. The molecule has 0 spiro atoms. The lowest BCUT2D eigenvalue weighted by atomic mass is 9.94. The Morgan fingerprint density at radius 2 is 1.80 bits per heavy atom. The van der Waals surface area contributed by atoms with E-state index in [4.69, 9.17) is 23.2 Å². The molecule has 106 valence electrons. The third-order valence-electron chi connectivity index (χ3n) is 3.85. The Kier molecular flexibility index (Phi) is 3.89. The Hall–Kier alpha value is -1.20. The van der Waals surface area contributed by atoms with E-state index in [9.17, 15) is 0 Å². The zero-order valence-corrected chi connectivity index (χ0v) is 12.7. The van der Waals surface area contributed by atoms with Crippen molar-refractivity contribution in [1.29, 1.82) is 0 Å². The van der Waals surface area contributed by atoms with Crippen LogP contribution in [-0.2, 0) is 0 Å². The number of rotatable bonds is 2. The minimum absolute atomic E-state index is 0.173. The van der Waals surface area contributed by atoms with E-state index in [1.165, 1.54) is 38.4 Å². The van der Waals surface area contributed by atoms with Crippen LogP contribution in [0, 0.1) is 0 Å². The highest BCUT2D eigenvalue weighted by Crippen LogP contribution is 2.30. The molecule has 0 aliphatic heterocycles. The maximum absolute atomic E-state index is 6.07. The summed E-state index contributed by atoms with van der Waals surface area (Å²) in [6.07, 6.45) is 7.57. The van der Waals surface area contributed by atoms with E-state index in [-0.39, 0.29) is 5.28 Å². The molecule has 1 fully saturated rings. The number of aromatic nitrogens is 4. The van der Waals surface area contributed by atoms with Crippen LogP contribution in [0.2, 0.25) is 10.4 Å². The molecule has 0 atom stereocenters. The van der Waals surface area contributed by atoms with Crippen LogP contribution >= 0.6 is 23.2 Å². The maximum Gasteiger partial charge on any atom is 0.225 e. The van der Waals surface area contributed by atoms with Gasteiger partial charge in [0.25, 0.3) is 0 Å². The van der Waals surface area contributed by atoms with Gasteiger partial charge in [0.05, 0.1) is 0 Å². The lowest BCUT2D eigenvalue weighted by molar-refractivity contribution is 0.426. The summed E-state index contributed by atoms with van der Waals surface area (Å²) in [5.41, 5.74) is 1.16. The molecule has 5 nitrogen and oxygen atoms in total. The standard InChI is InChI=1S/C13H15Cl2N5/c1-20(8-5-3-2-4-6-8)12-10-9(18-13(15)19-12)11(14)17-7-16-10/h7-8H,2-6H2,1H3. The fraction of sp³-hybridized carbons (Fsp3) is 0.538. The molecule has 0 radical (unpaired) electrons. The van der Waals surface area contributed by atoms with Gasteiger partial charge in [-0.2, -0.15) is 4.98 Å². The SMILES string of the molecule is CN(c1nc(Cl)nc2c(Cl)ncnc12)C1CCCCC1. The number of fused-ring (bicyclic) bond motifs is 1. The van der Waals surface area contributed by atoms with Gasteiger partial charge in [-0.25, -0.2) is 15.0 Å². The highest BCUT2D eigenvalue weighted by atomic mass is 35.5. The molecule has 1 aliphatic rings. The molecule has 2 heterocycles. The van der Waals surface area contributed by atoms with Crippen LogP contribution in [0.15, 0.2) is 6.33 Å². The molecule has 2 aromatic rings. The van der Waals surface area contributed by atoms with E-state index in [0.29, 0.717) is 22.2 Å². The van der Waals surface area contributed by atoms with Crippen molar-refractivity contribution in [2.45, 2.75) is 38.1 Å². The number of hydrogen-bond donors (Lipinski definition) is 0. The Morgan fingerprint density at radius 3 is 2.55 bits per heavy atom. The fourth-order valence-corrected chi connectivity index (χ4v) is 3.10. The Morgan fingerprint density at radius 1 is 1.05 bits per heavy atom. The first-order valence-corrected chi connectivity index (χ1v) is 7.49. The Bertz CT molecular complexity index is 627. The van der Waals surface area contributed by atoms with Crippen LogP contribution in [0.4, 0.5) is 5.82 Å². The van der Waals surface area contributed by atoms with E-state index >= 15 is 0 Å². The van der Waals surface area contributed by atoms with Crippen molar-refractivity contribution in [2.24, 2.45) is 0 Å². The van der Waals surface area contributed by atoms with Gasteiger partial charge in [-0.3, -0.25) is 0 Å². The summed E-state index contributed by atoms with van der Waals surface area (Å²) in [5.74, 6) is 0.733. The van der Waals surface area contributed by atoms with Gasteiger partial charge in [0.1, 0.15) is 17.4 Å². The second-order valence-electron chi connectivity index (χ2n) is 5.08. The molecule has 0 N–H and O–H groups in total. The van der Waals surface area contributed by atoms with E-state index in [2.05, 4.69) is 24.8 Å². The summed E-state index contributed by atoms with van der Waals surface area (Å²) in [5, 5.41) is 0.476. The Balaban J connectivity index is 2.07. The van der Waals surface area contributed by atoms with Gasteiger partial charge in [-0.1, -0.05) is 30.9 Å². The van der Waals surface area contributed by atoms with E-state index < -0.39 is 0 Å². The zero-order chi connectivity index (χ0) is 14.1. The quantitative estimate of drug-likeness (QED) is 0.627. The number of anilines is 1. The van der Waals surface area contributed by atoms with Crippen molar-refractivity contribution in [3.63, 3.8) is 0 Å². The van der Waals surface area contributed by atoms with Crippen molar-refractivity contribution < 1.29 is 0 Å². The Labute approximate surface area is 127 Å². The highest BCUT2D eigenvalue weighted by molar-refractivity contribution is 6.34. The topological polar surface area (TPSA) is 54.8 Å². The molecule has 2 aromatic heterocycles. The molecular formula is C13H15Cl2N5. The van der Waals surface area contributed by atoms with Crippen LogP contribution in [-0.4, -0.2) is 33.0 Å². The minimum atomic E-state index is 0.173. The smallest absolute Gasteiger partial charge is 0.225 e. The molecular weight excluding hydrogens is 297 g/mol. The van der Waals surface area contributed by atoms with Crippen LogP contribution < -0.4 is 4.90 Å². The molecule has 1 aliphatic carbocycles. The second-order valence-corrected chi connectivity index (χ2v) is 5.78. The van der Waals surface area contributed by atoms with Crippen molar-refractivity contribution in [3.05, 3.63) is 16.8 Å². The van der Waals surface area contributed by atoms with Gasteiger partial charge in [-0.05, 0) is 24.4 Å². The van der Waals surface area contributed by atoms with E-state index in [1.807, 2.05) is 7.05 Å².